The van der Waals surface area contributed by atoms with E-state index in [4.69, 9.17) is 47.1 Å². The number of piperazine rings is 2. The lowest BCUT2D eigenvalue weighted by Gasteiger charge is -2.37. The van der Waals surface area contributed by atoms with E-state index in [0.717, 1.165) is 12.1 Å². The Kier molecular flexibility index (Phi) is 19.4. The molecule has 0 radical (unpaired) electrons. The van der Waals surface area contributed by atoms with Crippen LogP contribution in [0.4, 0.5) is 17.8 Å². The van der Waals surface area contributed by atoms with E-state index < -0.39 is 12.1 Å². The second kappa shape index (κ2) is 24.6. The first-order valence-corrected chi connectivity index (χ1v) is 19.9. The Morgan fingerprint density at radius 1 is 0.867 bits per heavy atom. The zero-order valence-corrected chi connectivity index (χ0v) is 35.1. The van der Waals surface area contributed by atoms with Gasteiger partial charge in [-0.2, -0.15) is 15.0 Å². The smallest absolute Gasteiger partial charge is 0.338 e. The first kappa shape index (κ1) is 47.3. The van der Waals surface area contributed by atoms with Crippen LogP contribution in [0.1, 0.15) is 37.7 Å². The fourth-order valence-corrected chi connectivity index (χ4v) is 6.35. The summed E-state index contributed by atoms with van der Waals surface area (Å²) >= 11 is 0. The summed E-state index contributed by atoms with van der Waals surface area (Å²) in [5, 5.41) is 29.4. The quantitative estimate of drug-likeness (QED) is 0.0256. The van der Waals surface area contributed by atoms with E-state index in [1.54, 1.807) is 28.9 Å². The number of carbonyl (C=O) groups excluding carboxylic acids is 2. The predicted molar refractivity (Wildman–Crippen MR) is 215 cm³/mol. The number of aliphatic hydroxyl groups is 1. The fourth-order valence-electron chi connectivity index (χ4n) is 6.35. The molecule has 2 amide bonds. The van der Waals surface area contributed by atoms with Crippen molar-refractivity contribution in [3.05, 3.63) is 23.8 Å². The molecule has 0 aromatic carbocycles. The van der Waals surface area contributed by atoms with E-state index >= 15 is 0 Å². The van der Waals surface area contributed by atoms with Gasteiger partial charge in [0.15, 0.2) is 0 Å². The highest BCUT2D eigenvalue weighted by atomic mass is 35.5. The highest BCUT2D eigenvalue weighted by Gasteiger charge is 2.29. The molecule has 5 rings (SSSR count). The average molecular weight is 860 g/mol. The lowest BCUT2D eigenvalue weighted by Crippen LogP contribution is -3.00. The van der Waals surface area contributed by atoms with Crippen molar-refractivity contribution in [2.45, 2.75) is 51.8 Å². The van der Waals surface area contributed by atoms with Gasteiger partial charge in [0.2, 0.25) is 29.7 Å². The van der Waals surface area contributed by atoms with Crippen LogP contribution in [0.25, 0.3) is 0 Å². The van der Waals surface area contributed by atoms with Crippen molar-refractivity contribution in [2.75, 3.05) is 120 Å². The number of guanidine groups is 1. The van der Waals surface area contributed by atoms with Gasteiger partial charge in [-0.15, -0.1) is 16.6 Å². The van der Waals surface area contributed by atoms with Gasteiger partial charge in [0.1, 0.15) is 19.2 Å². The number of nitrogens with one attached hydrogen (secondary N) is 2. The van der Waals surface area contributed by atoms with Crippen molar-refractivity contribution in [1.29, 1.82) is 0 Å². The maximum Gasteiger partial charge on any atom is 0.338 e. The van der Waals surface area contributed by atoms with Crippen molar-refractivity contribution in [1.82, 2.24) is 54.7 Å². The van der Waals surface area contributed by atoms with Crippen LogP contribution in [-0.4, -0.2) is 189 Å². The van der Waals surface area contributed by atoms with Crippen molar-refractivity contribution < 1.29 is 46.3 Å². The van der Waals surface area contributed by atoms with Gasteiger partial charge in [-0.1, -0.05) is 16.3 Å². The normalized spacial score (nSPS) is 15.2. The van der Waals surface area contributed by atoms with Crippen molar-refractivity contribution in [3.63, 3.8) is 0 Å². The summed E-state index contributed by atoms with van der Waals surface area (Å²) in [6.07, 6.45) is 9.92. The molecule has 2 unspecified atom stereocenters. The zero-order valence-electron chi connectivity index (χ0n) is 34.4. The minimum atomic E-state index is -0.546. The van der Waals surface area contributed by atoms with Gasteiger partial charge < -0.3 is 56.6 Å². The summed E-state index contributed by atoms with van der Waals surface area (Å²) in [7, 11) is 0. The van der Waals surface area contributed by atoms with Crippen molar-refractivity contribution in [3.8, 4) is 12.3 Å². The first-order chi connectivity index (χ1) is 28.6. The number of nitrogens with zero attached hydrogens (tertiary/aromatic N) is 13. The molecule has 23 nitrogen and oxygen atoms in total. The minimum absolute atomic E-state index is 0. The van der Waals surface area contributed by atoms with Crippen LogP contribution < -0.4 is 44.0 Å². The minimum Gasteiger partial charge on any atom is -1.00 e. The van der Waals surface area contributed by atoms with Crippen molar-refractivity contribution in [2.24, 2.45) is 11.5 Å². The monoisotopic (exact) mass is 859 g/mol. The fraction of sp³-hybridized carbons (Fsp3) is 0.667. The molecule has 2 atom stereocenters. The zero-order chi connectivity index (χ0) is 42.0. The Hall–Kier alpha value is -5.41. The molecule has 7 N–H and O–H groups in total. The maximum absolute atomic E-state index is 13.5. The average Bonchev–Trinajstić information content (AvgIpc) is 3.90. The highest BCUT2D eigenvalue weighted by molar-refractivity contribution is 5.80. The molecular weight excluding hydrogens is 802 g/mol. The first-order valence-electron chi connectivity index (χ1n) is 19.9. The Morgan fingerprint density at radius 2 is 1.48 bits per heavy atom. The van der Waals surface area contributed by atoms with Crippen molar-refractivity contribution >= 4 is 35.6 Å². The van der Waals surface area contributed by atoms with Gasteiger partial charge >= 0.3 is 5.96 Å². The van der Waals surface area contributed by atoms with Crippen LogP contribution >= 0.6 is 0 Å². The van der Waals surface area contributed by atoms with Crippen LogP contribution in [0, 0.1) is 12.3 Å². The number of aryl methyl sites for hydroxylation is 1. The van der Waals surface area contributed by atoms with E-state index in [2.05, 4.69) is 36.9 Å². The molecule has 60 heavy (non-hydrogen) atoms. The maximum atomic E-state index is 13.5. The summed E-state index contributed by atoms with van der Waals surface area (Å²) in [5.74, 6) is 3.83. The summed E-state index contributed by atoms with van der Waals surface area (Å²) in [6.45, 7) is 10.9. The number of nitrogens with two attached hydrogens (primary N) is 2. The lowest BCUT2D eigenvalue weighted by atomic mass is 10.2. The summed E-state index contributed by atoms with van der Waals surface area (Å²) in [6, 6.07) is -0.524. The topological polar surface area (TPSA) is 273 Å². The van der Waals surface area contributed by atoms with Gasteiger partial charge in [-0.3, -0.25) is 26.0 Å². The molecule has 0 saturated carbocycles. The third-order valence-corrected chi connectivity index (χ3v) is 9.50. The van der Waals surface area contributed by atoms with Crippen LogP contribution in [0.5, 0.6) is 0 Å². The number of rotatable bonds is 23. The molecule has 330 valence electrons. The second-order valence-electron chi connectivity index (χ2n) is 14.2. The largest absolute Gasteiger partial charge is 1.00 e. The number of anilines is 3. The number of halogens is 1. The third kappa shape index (κ3) is 15.0. The molecule has 2 saturated heterocycles. The summed E-state index contributed by atoms with van der Waals surface area (Å²) in [5.41, 5.74) is 12.3. The number of hydrogen-bond donors (Lipinski definition) is 5. The van der Waals surface area contributed by atoms with Gasteiger partial charge in [0.25, 0.3) is 0 Å². The molecule has 0 aliphatic carbocycles. The standard InChI is InChI=1S/C36H57N17O6.ClH/c1-4-17-57-19-21-59-22-20-58-18-8-40-34-41-35(50-13-9-48(10-14-50)31(55)26-52-24-30(45-46-52)23-27(2)54)43-36(42-34)51-15-11-49(12-16-51)32(56)28(3)53-25-29(44-47-53)6-5-7-39-33(37)38;/h1,24-25,27-28,54H,5-23,26H2,2-3H3,(H4,37,38,39)(H,40,41,42,43);1H. The molecule has 5 heterocycles. The predicted octanol–water partition coefficient (Wildman–Crippen LogP) is -7.38. The molecule has 2 aliphatic rings. The van der Waals surface area contributed by atoms with Gasteiger partial charge in [-0.25, -0.2) is 9.36 Å². The molecule has 0 spiro atoms. The number of ether oxygens (including phenoxy) is 3. The number of hydrogen-bond acceptors (Lipinski definition) is 16. The Morgan fingerprint density at radius 3 is 2.12 bits per heavy atom. The molecule has 2 aliphatic heterocycles. The Bertz CT molecular complexity index is 1830. The number of terminal acetylenes is 1. The number of amides is 2. The highest BCUT2D eigenvalue weighted by Crippen LogP contribution is 2.21. The van der Waals surface area contributed by atoms with E-state index in [0.29, 0.717) is 135 Å². The lowest BCUT2D eigenvalue weighted by molar-refractivity contribution is -0.459. The SMILES string of the molecule is C#CCOCCOCCOCCNc1nc(N2CCN(C(=O)Cn3cc(CC(C)O)nn3)CC2)nc(N2CCN(C(=O)C(C)n3cc(CCC[NH+]=C(N)N)nn3)CC2)n1.[Cl-]. The molecule has 24 heteroatoms. The molecule has 3 aromatic rings. The van der Waals surface area contributed by atoms with Crippen LogP contribution in [0.3, 0.4) is 0 Å². The van der Waals surface area contributed by atoms with E-state index in [-0.39, 0.29) is 43.3 Å². The van der Waals surface area contributed by atoms with E-state index in [1.165, 1.54) is 4.68 Å². The second-order valence-corrected chi connectivity index (χ2v) is 14.2. The van der Waals surface area contributed by atoms with Gasteiger partial charge in [0.05, 0.1) is 57.1 Å². The number of aliphatic hydroxyl groups excluding tert-OH is 1. The van der Waals surface area contributed by atoms with Crippen LogP contribution in [-0.2, 0) is 43.2 Å². The van der Waals surface area contributed by atoms with Gasteiger partial charge in [-0.05, 0) is 26.7 Å². The number of carbonyl (C=O) groups is 2. The Balaban J connectivity index is 0.00000794. The van der Waals surface area contributed by atoms with E-state index in [1.807, 2.05) is 21.6 Å². The summed E-state index contributed by atoms with van der Waals surface area (Å²) in [4.78, 5) is 51.6. The molecular formula is C36H58ClN17O6. The molecule has 0 bridgehead atoms. The van der Waals surface area contributed by atoms with Crippen LogP contribution in [0.15, 0.2) is 12.4 Å². The molecule has 3 aromatic heterocycles. The summed E-state index contributed by atoms with van der Waals surface area (Å²) < 4.78 is 19.5. The third-order valence-electron chi connectivity index (χ3n) is 9.50. The Labute approximate surface area is 355 Å². The van der Waals surface area contributed by atoms with Crippen LogP contribution in [0.2, 0.25) is 0 Å². The van der Waals surface area contributed by atoms with Gasteiger partial charge in [0, 0.05) is 77.7 Å². The number of aromatic nitrogens is 9. The van der Waals surface area contributed by atoms with E-state index in [9.17, 15) is 14.7 Å². The molecule has 2 fully saturated rings.